The number of imide groups is 1. The molecule has 2 aliphatic heterocycles. The van der Waals surface area contributed by atoms with E-state index < -0.39 is 11.9 Å². The highest BCUT2D eigenvalue weighted by Crippen LogP contribution is 2.32. The van der Waals surface area contributed by atoms with E-state index in [-0.39, 0.29) is 37.1 Å². The lowest BCUT2D eigenvalue weighted by atomic mass is 10.0. The predicted octanol–water partition coefficient (Wildman–Crippen LogP) is 2.14. The van der Waals surface area contributed by atoms with Gasteiger partial charge >= 0.3 is 0 Å². The van der Waals surface area contributed by atoms with Gasteiger partial charge in [-0.1, -0.05) is 6.07 Å². The summed E-state index contributed by atoms with van der Waals surface area (Å²) in [5, 5.41) is 5.53. The highest BCUT2D eigenvalue weighted by molar-refractivity contribution is 6.06. The molecule has 1 fully saturated rings. The number of rotatable bonds is 8. The fourth-order valence-corrected chi connectivity index (χ4v) is 4.06. The number of ether oxygens (including phenoxy) is 1. The molecular weight excluding hydrogens is 427 g/mol. The molecule has 174 valence electrons. The summed E-state index contributed by atoms with van der Waals surface area (Å²) in [4.78, 5) is 40.2. The van der Waals surface area contributed by atoms with Gasteiger partial charge in [0.25, 0.3) is 5.91 Å². The van der Waals surface area contributed by atoms with Crippen LogP contribution in [0.4, 0.5) is 10.1 Å². The zero-order valence-corrected chi connectivity index (χ0v) is 18.7. The van der Waals surface area contributed by atoms with Gasteiger partial charge in [0.15, 0.2) is 0 Å². The van der Waals surface area contributed by atoms with Crippen molar-refractivity contribution in [2.24, 2.45) is 0 Å². The molecule has 4 rings (SSSR count). The van der Waals surface area contributed by atoms with E-state index in [1.54, 1.807) is 24.3 Å². The molecular formula is C24H27FN4O4. The maximum atomic E-state index is 14.4. The molecule has 0 unspecified atom stereocenters. The van der Waals surface area contributed by atoms with E-state index in [1.807, 2.05) is 25.1 Å². The molecule has 0 radical (unpaired) electrons. The highest BCUT2D eigenvalue weighted by atomic mass is 19.1. The molecule has 2 aliphatic rings. The summed E-state index contributed by atoms with van der Waals surface area (Å²) >= 11 is 0. The van der Waals surface area contributed by atoms with Gasteiger partial charge in [-0.25, -0.2) is 4.39 Å². The first-order chi connectivity index (χ1) is 15.8. The number of amides is 3. The van der Waals surface area contributed by atoms with Crippen molar-refractivity contribution >= 4 is 23.4 Å². The molecule has 8 nitrogen and oxygen atoms in total. The van der Waals surface area contributed by atoms with Crippen molar-refractivity contribution in [2.45, 2.75) is 32.0 Å². The first-order valence-electron chi connectivity index (χ1n) is 10.9. The third-order valence-electron chi connectivity index (χ3n) is 5.88. The van der Waals surface area contributed by atoms with Gasteiger partial charge in [0.05, 0.1) is 0 Å². The van der Waals surface area contributed by atoms with Crippen molar-refractivity contribution in [1.82, 2.24) is 15.1 Å². The Morgan fingerprint density at radius 1 is 1.21 bits per heavy atom. The Hall–Kier alpha value is -3.46. The van der Waals surface area contributed by atoms with Crippen molar-refractivity contribution in [2.75, 3.05) is 32.6 Å². The van der Waals surface area contributed by atoms with Crippen LogP contribution in [-0.2, 0) is 22.7 Å². The Kier molecular flexibility index (Phi) is 6.60. The van der Waals surface area contributed by atoms with Gasteiger partial charge in [0.2, 0.25) is 11.8 Å². The first-order valence-corrected chi connectivity index (χ1v) is 10.9. The molecule has 33 heavy (non-hydrogen) atoms. The van der Waals surface area contributed by atoms with Crippen molar-refractivity contribution < 1.29 is 23.5 Å². The van der Waals surface area contributed by atoms with Crippen LogP contribution in [0, 0.1) is 5.82 Å². The van der Waals surface area contributed by atoms with Crippen LogP contribution in [0.3, 0.4) is 0 Å². The summed E-state index contributed by atoms with van der Waals surface area (Å²) in [6, 6.07) is 9.27. The van der Waals surface area contributed by atoms with E-state index in [9.17, 15) is 18.8 Å². The van der Waals surface area contributed by atoms with Crippen LogP contribution in [0.1, 0.15) is 34.3 Å². The van der Waals surface area contributed by atoms with E-state index in [0.29, 0.717) is 35.6 Å². The second-order valence-corrected chi connectivity index (χ2v) is 8.49. The van der Waals surface area contributed by atoms with E-state index in [2.05, 4.69) is 10.6 Å². The SMILES string of the molecule is CN(C)CCOc1ccc(F)c(CNc2cccc3c2CN([C@@H]2CCC(=O)NC2=O)C3=O)c1. The largest absolute Gasteiger partial charge is 0.492 e. The normalized spacial score (nSPS) is 17.9. The van der Waals surface area contributed by atoms with Gasteiger partial charge in [-0.05, 0) is 50.8 Å². The first kappa shape index (κ1) is 22.7. The van der Waals surface area contributed by atoms with E-state index in [1.165, 1.54) is 11.0 Å². The van der Waals surface area contributed by atoms with Gasteiger partial charge in [0, 0.05) is 48.4 Å². The maximum Gasteiger partial charge on any atom is 0.255 e. The minimum absolute atomic E-state index is 0.202. The monoisotopic (exact) mass is 454 g/mol. The Bertz CT molecular complexity index is 1090. The second kappa shape index (κ2) is 9.58. The molecule has 0 bridgehead atoms. The fraction of sp³-hybridized carbons (Fsp3) is 0.375. The van der Waals surface area contributed by atoms with Gasteiger partial charge in [0.1, 0.15) is 24.2 Å². The zero-order chi connectivity index (χ0) is 23.5. The number of nitrogens with one attached hydrogen (secondary N) is 2. The molecule has 0 aromatic heterocycles. The van der Waals surface area contributed by atoms with E-state index in [4.69, 9.17) is 4.74 Å². The lowest BCUT2D eigenvalue weighted by Gasteiger charge is -2.29. The number of piperidine rings is 1. The lowest BCUT2D eigenvalue weighted by molar-refractivity contribution is -0.136. The second-order valence-electron chi connectivity index (χ2n) is 8.49. The third kappa shape index (κ3) is 4.98. The lowest BCUT2D eigenvalue weighted by Crippen LogP contribution is -2.52. The summed E-state index contributed by atoms with van der Waals surface area (Å²) in [6.07, 6.45) is 0.507. The Balaban J connectivity index is 1.46. The van der Waals surface area contributed by atoms with Crippen LogP contribution in [0.2, 0.25) is 0 Å². The van der Waals surface area contributed by atoms with Crippen LogP contribution in [0.15, 0.2) is 36.4 Å². The summed E-state index contributed by atoms with van der Waals surface area (Å²) in [5.74, 6) is -0.776. The number of halogens is 1. The highest BCUT2D eigenvalue weighted by Gasteiger charge is 2.39. The number of carbonyl (C=O) groups is 3. The molecule has 3 amide bonds. The van der Waals surface area contributed by atoms with Gasteiger partial charge in [-0.3, -0.25) is 19.7 Å². The molecule has 2 aromatic carbocycles. The minimum atomic E-state index is -0.677. The summed E-state index contributed by atoms with van der Waals surface area (Å²) < 4.78 is 20.1. The van der Waals surface area contributed by atoms with Crippen molar-refractivity contribution in [3.8, 4) is 5.75 Å². The van der Waals surface area contributed by atoms with Gasteiger partial charge < -0.3 is 19.9 Å². The number of nitrogens with zero attached hydrogens (tertiary/aromatic N) is 2. The van der Waals surface area contributed by atoms with Crippen molar-refractivity contribution in [3.05, 3.63) is 58.9 Å². The van der Waals surface area contributed by atoms with Gasteiger partial charge in [-0.2, -0.15) is 0 Å². The number of hydrogen-bond acceptors (Lipinski definition) is 6. The Morgan fingerprint density at radius 3 is 2.79 bits per heavy atom. The molecule has 0 saturated carbocycles. The van der Waals surface area contributed by atoms with Crippen molar-refractivity contribution in [1.29, 1.82) is 0 Å². The fourth-order valence-electron chi connectivity index (χ4n) is 4.06. The average molecular weight is 455 g/mol. The summed E-state index contributed by atoms with van der Waals surface area (Å²) in [5.41, 5.74) is 2.41. The minimum Gasteiger partial charge on any atom is -0.492 e. The number of hydrogen-bond donors (Lipinski definition) is 2. The Labute approximate surface area is 191 Å². The summed E-state index contributed by atoms with van der Waals surface area (Å²) in [6.45, 7) is 1.70. The number of carbonyl (C=O) groups excluding carboxylic acids is 3. The number of benzene rings is 2. The van der Waals surface area contributed by atoms with Crippen LogP contribution in [0.25, 0.3) is 0 Å². The summed E-state index contributed by atoms with van der Waals surface area (Å²) in [7, 11) is 3.90. The van der Waals surface area contributed by atoms with Crippen LogP contribution >= 0.6 is 0 Å². The number of anilines is 1. The molecule has 9 heteroatoms. The van der Waals surface area contributed by atoms with Crippen molar-refractivity contribution in [3.63, 3.8) is 0 Å². The van der Waals surface area contributed by atoms with Crippen LogP contribution < -0.4 is 15.4 Å². The van der Waals surface area contributed by atoms with E-state index >= 15 is 0 Å². The molecule has 0 aliphatic carbocycles. The average Bonchev–Trinajstić information content (AvgIpc) is 3.11. The molecule has 0 spiro atoms. The molecule has 2 N–H and O–H groups in total. The molecule has 1 saturated heterocycles. The number of likely N-dealkylation sites (N-methyl/N-ethyl adjacent to an activating group) is 1. The number of fused-ring (bicyclic) bond motifs is 1. The Morgan fingerprint density at radius 2 is 2.03 bits per heavy atom. The maximum absolute atomic E-state index is 14.4. The topological polar surface area (TPSA) is 91.0 Å². The zero-order valence-electron chi connectivity index (χ0n) is 18.7. The smallest absolute Gasteiger partial charge is 0.255 e. The van der Waals surface area contributed by atoms with E-state index in [0.717, 1.165) is 12.1 Å². The quantitative estimate of drug-likeness (QED) is 0.594. The predicted molar refractivity (Wildman–Crippen MR) is 120 cm³/mol. The third-order valence-corrected chi connectivity index (χ3v) is 5.88. The standard InChI is InChI=1S/C24H27FN4O4/c1-28(2)10-11-33-16-6-7-19(25)15(12-16)13-26-20-5-3-4-17-18(20)14-29(24(17)32)21-8-9-22(30)27-23(21)31/h3-7,12,21,26H,8-11,13-14H2,1-2H3,(H,27,30,31)/t21-/m1/s1. The van der Waals surface area contributed by atoms with Crippen LogP contribution in [-0.4, -0.2) is 60.8 Å². The molecule has 1 atom stereocenters. The van der Waals surface area contributed by atoms with Gasteiger partial charge in [-0.15, -0.1) is 0 Å². The molecule has 2 heterocycles. The molecule has 2 aromatic rings. The van der Waals surface area contributed by atoms with Crippen LogP contribution in [0.5, 0.6) is 5.75 Å².